The lowest BCUT2D eigenvalue weighted by atomic mass is 10.1. The van der Waals surface area contributed by atoms with Gasteiger partial charge in [-0.25, -0.2) is 0 Å². The van der Waals surface area contributed by atoms with Gasteiger partial charge in [0, 0.05) is 34.6 Å². The van der Waals surface area contributed by atoms with E-state index in [0.29, 0.717) is 6.04 Å². The molecule has 20 heavy (non-hydrogen) atoms. The van der Waals surface area contributed by atoms with E-state index >= 15 is 0 Å². The van der Waals surface area contributed by atoms with Gasteiger partial charge in [-0.2, -0.15) is 5.10 Å². The van der Waals surface area contributed by atoms with Crippen LogP contribution in [0.3, 0.4) is 0 Å². The van der Waals surface area contributed by atoms with Gasteiger partial charge in [-0.1, -0.05) is 18.2 Å². The molecule has 0 saturated heterocycles. The van der Waals surface area contributed by atoms with Crippen molar-refractivity contribution in [2.24, 2.45) is 0 Å². The molecule has 1 N–H and O–H groups in total. The number of fused-ring (bicyclic) bond motifs is 1. The summed E-state index contributed by atoms with van der Waals surface area (Å²) in [6.07, 6.45) is 3.82. The topological polar surface area (TPSA) is 29.9 Å². The van der Waals surface area contributed by atoms with Gasteiger partial charge in [-0.15, -0.1) is 11.3 Å². The number of hydrogen-bond acceptors (Lipinski definition) is 3. The van der Waals surface area contributed by atoms with E-state index in [-0.39, 0.29) is 0 Å². The van der Waals surface area contributed by atoms with Crippen LogP contribution in [-0.4, -0.2) is 16.3 Å². The van der Waals surface area contributed by atoms with E-state index in [4.69, 9.17) is 0 Å². The van der Waals surface area contributed by atoms with Crippen molar-refractivity contribution in [1.82, 2.24) is 15.1 Å². The Kier molecular flexibility index (Phi) is 3.85. The highest BCUT2D eigenvalue weighted by atomic mass is 32.1. The SMILES string of the molecule is Cc1c(C(C)NCCn2cccn2)sc2ccccc12. The first-order valence-corrected chi connectivity index (χ1v) is 7.76. The summed E-state index contributed by atoms with van der Waals surface area (Å²) in [5, 5.41) is 9.19. The summed E-state index contributed by atoms with van der Waals surface area (Å²) in [5.41, 5.74) is 1.41. The Morgan fingerprint density at radius 3 is 2.90 bits per heavy atom. The molecule has 0 aliphatic heterocycles. The van der Waals surface area contributed by atoms with Gasteiger partial charge in [-0.05, 0) is 36.9 Å². The average Bonchev–Trinajstić information content (AvgIpc) is 3.08. The number of hydrogen-bond donors (Lipinski definition) is 1. The van der Waals surface area contributed by atoms with E-state index in [2.05, 4.69) is 48.5 Å². The molecule has 1 atom stereocenters. The highest BCUT2D eigenvalue weighted by molar-refractivity contribution is 7.19. The summed E-state index contributed by atoms with van der Waals surface area (Å²) in [5.74, 6) is 0. The minimum absolute atomic E-state index is 0.378. The van der Waals surface area contributed by atoms with Crippen molar-refractivity contribution >= 4 is 21.4 Å². The molecule has 0 spiro atoms. The van der Waals surface area contributed by atoms with E-state index < -0.39 is 0 Å². The largest absolute Gasteiger partial charge is 0.308 e. The molecule has 0 amide bonds. The molecule has 3 rings (SSSR count). The second kappa shape index (κ2) is 5.77. The van der Waals surface area contributed by atoms with Gasteiger partial charge in [0.05, 0.1) is 6.54 Å². The fraction of sp³-hybridized carbons (Fsp3) is 0.312. The van der Waals surface area contributed by atoms with Crippen LogP contribution in [-0.2, 0) is 6.54 Å². The molecular formula is C16H19N3S. The third kappa shape index (κ3) is 2.62. The Balaban J connectivity index is 1.69. The van der Waals surface area contributed by atoms with Crippen molar-refractivity contribution in [1.29, 1.82) is 0 Å². The molecule has 2 heterocycles. The quantitative estimate of drug-likeness (QED) is 0.773. The Morgan fingerprint density at radius 1 is 1.30 bits per heavy atom. The van der Waals surface area contributed by atoms with Crippen LogP contribution >= 0.6 is 11.3 Å². The molecule has 1 unspecified atom stereocenters. The lowest BCUT2D eigenvalue weighted by Gasteiger charge is -2.13. The van der Waals surface area contributed by atoms with Crippen LogP contribution in [0.5, 0.6) is 0 Å². The molecule has 0 aliphatic rings. The number of nitrogens with one attached hydrogen (secondary N) is 1. The van der Waals surface area contributed by atoms with Crippen LogP contribution in [0, 0.1) is 6.92 Å². The molecule has 0 saturated carbocycles. The van der Waals surface area contributed by atoms with Gasteiger partial charge in [0.1, 0.15) is 0 Å². The zero-order valence-electron chi connectivity index (χ0n) is 11.8. The highest BCUT2D eigenvalue weighted by Gasteiger charge is 2.13. The average molecular weight is 285 g/mol. The molecule has 0 aliphatic carbocycles. The number of nitrogens with zero attached hydrogens (tertiary/aromatic N) is 2. The molecule has 0 radical (unpaired) electrons. The van der Waals surface area contributed by atoms with Gasteiger partial charge in [0.2, 0.25) is 0 Å². The summed E-state index contributed by atoms with van der Waals surface area (Å²) in [6, 6.07) is 11.0. The van der Waals surface area contributed by atoms with Crippen molar-refractivity contribution in [3.8, 4) is 0 Å². The molecule has 1 aromatic carbocycles. The van der Waals surface area contributed by atoms with E-state index in [1.54, 1.807) is 0 Å². The van der Waals surface area contributed by atoms with Crippen molar-refractivity contribution in [3.63, 3.8) is 0 Å². The minimum atomic E-state index is 0.378. The Labute approximate surface area is 123 Å². The maximum Gasteiger partial charge on any atom is 0.0534 e. The first kappa shape index (κ1) is 13.3. The van der Waals surface area contributed by atoms with Gasteiger partial charge in [-0.3, -0.25) is 4.68 Å². The number of aryl methyl sites for hydroxylation is 1. The van der Waals surface area contributed by atoms with Crippen molar-refractivity contribution < 1.29 is 0 Å². The van der Waals surface area contributed by atoms with Crippen LogP contribution in [0.15, 0.2) is 42.7 Å². The van der Waals surface area contributed by atoms with E-state index in [9.17, 15) is 0 Å². The van der Waals surface area contributed by atoms with Crippen LogP contribution < -0.4 is 5.32 Å². The summed E-state index contributed by atoms with van der Waals surface area (Å²) in [6.45, 7) is 6.29. The fourth-order valence-electron chi connectivity index (χ4n) is 2.53. The number of aromatic nitrogens is 2. The third-order valence-electron chi connectivity index (χ3n) is 3.62. The number of benzene rings is 1. The summed E-state index contributed by atoms with van der Waals surface area (Å²) >= 11 is 1.89. The Hall–Kier alpha value is -1.65. The zero-order valence-corrected chi connectivity index (χ0v) is 12.7. The van der Waals surface area contributed by atoms with E-state index in [1.807, 2.05) is 34.5 Å². The Morgan fingerprint density at radius 2 is 2.15 bits per heavy atom. The van der Waals surface area contributed by atoms with E-state index in [1.165, 1.54) is 20.5 Å². The van der Waals surface area contributed by atoms with Gasteiger partial charge < -0.3 is 5.32 Å². The van der Waals surface area contributed by atoms with Crippen LogP contribution in [0.4, 0.5) is 0 Å². The molecule has 3 aromatic rings. The normalized spacial score (nSPS) is 12.9. The van der Waals surface area contributed by atoms with Crippen LogP contribution in [0.2, 0.25) is 0 Å². The lowest BCUT2D eigenvalue weighted by molar-refractivity contribution is 0.510. The first-order chi connectivity index (χ1) is 9.75. The van der Waals surface area contributed by atoms with Crippen molar-refractivity contribution in [3.05, 3.63) is 53.2 Å². The predicted molar refractivity (Wildman–Crippen MR) is 85.2 cm³/mol. The first-order valence-electron chi connectivity index (χ1n) is 6.94. The molecule has 4 heteroatoms. The van der Waals surface area contributed by atoms with Crippen molar-refractivity contribution in [2.45, 2.75) is 26.4 Å². The predicted octanol–water partition coefficient (Wildman–Crippen LogP) is 3.76. The zero-order chi connectivity index (χ0) is 13.9. The lowest BCUT2D eigenvalue weighted by Crippen LogP contribution is -2.23. The fourth-order valence-corrected chi connectivity index (χ4v) is 3.77. The van der Waals surface area contributed by atoms with Crippen LogP contribution in [0.1, 0.15) is 23.4 Å². The molecule has 2 aromatic heterocycles. The van der Waals surface area contributed by atoms with E-state index in [0.717, 1.165) is 13.1 Å². The number of rotatable bonds is 5. The number of thiophene rings is 1. The monoisotopic (exact) mass is 285 g/mol. The maximum absolute atomic E-state index is 4.22. The second-order valence-electron chi connectivity index (χ2n) is 5.03. The van der Waals surface area contributed by atoms with Crippen LogP contribution in [0.25, 0.3) is 10.1 Å². The molecular weight excluding hydrogens is 266 g/mol. The summed E-state index contributed by atoms with van der Waals surface area (Å²) < 4.78 is 3.33. The van der Waals surface area contributed by atoms with Gasteiger partial charge in [0.25, 0.3) is 0 Å². The van der Waals surface area contributed by atoms with Gasteiger partial charge >= 0.3 is 0 Å². The smallest absolute Gasteiger partial charge is 0.0534 e. The highest BCUT2D eigenvalue weighted by Crippen LogP contribution is 2.34. The maximum atomic E-state index is 4.22. The Bertz CT molecular complexity index is 685. The molecule has 0 bridgehead atoms. The molecule has 0 fully saturated rings. The second-order valence-corrected chi connectivity index (χ2v) is 6.12. The standard InChI is InChI=1S/C16H19N3S/c1-12-14-6-3-4-7-15(14)20-16(12)13(2)17-9-11-19-10-5-8-18-19/h3-8,10,13,17H,9,11H2,1-2H3. The van der Waals surface area contributed by atoms with Gasteiger partial charge in [0.15, 0.2) is 0 Å². The third-order valence-corrected chi connectivity index (χ3v) is 5.08. The minimum Gasteiger partial charge on any atom is -0.308 e. The molecule has 104 valence electrons. The summed E-state index contributed by atoms with van der Waals surface area (Å²) in [4.78, 5) is 1.44. The summed E-state index contributed by atoms with van der Waals surface area (Å²) in [7, 11) is 0. The van der Waals surface area contributed by atoms with Crippen molar-refractivity contribution in [2.75, 3.05) is 6.54 Å². The molecule has 3 nitrogen and oxygen atoms in total.